The van der Waals surface area contributed by atoms with Crippen molar-refractivity contribution < 1.29 is 19.1 Å². The Hall–Kier alpha value is -2.95. The first-order chi connectivity index (χ1) is 12.4. The Morgan fingerprint density at radius 3 is 2.35 bits per heavy atom. The fourth-order valence-corrected chi connectivity index (χ4v) is 2.32. The second-order valence-corrected chi connectivity index (χ2v) is 6.16. The van der Waals surface area contributed by atoms with E-state index in [0.717, 1.165) is 0 Å². The molecule has 0 saturated heterocycles. The van der Waals surface area contributed by atoms with Crippen LogP contribution in [-0.4, -0.2) is 17.7 Å². The molecule has 26 heavy (non-hydrogen) atoms. The number of rotatable bonds is 7. The molecular weight excluding hydrogens is 330 g/mol. The fraction of sp³-hybridized carbons (Fsp3) is 0.286. The van der Waals surface area contributed by atoms with Crippen molar-refractivity contribution in [3.05, 3.63) is 65.7 Å². The van der Waals surface area contributed by atoms with E-state index in [0.29, 0.717) is 23.2 Å². The molecule has 0 unspecified atom stereocenters. The molecule has 136 valence electrons. The summed E-state index contributed by atoms with van der Waals surface area (Å²) >= 11 is 0. The van der Waals surface area contributed by atoms with Crippen LogP contribution in [0.5, 0.6) is 0 Å². The van der Waals surface area contributed by atoms with Crippen molar-refractivity contribution in [2.75, 3.05) is 5.32 Å². The zero-order valence-corrected chi connectivity index (χ0v) is 15.2. The van der Waals surface area contributed by atoms with Gasteiger partial charge in [-0.1, -0.05) is 56.3 Å². The molecular formula is C21H23NO4. The van der Waals surface area contributed by atoms with Gasteiger partial charge in [0.2, 0.25) is 6.10 Å². The van der Waals surface area contributed by atoms with Crippen molar-refractivity contribution in [2.24, 2.45) is 5.92 Å². The van der Waals surface area contributed by atoms with Gasteiger partial charge in [-0.3, -0.25) is 14.4 Å². The van der Waals surface area contributed by atoms with Crippen molar-refractivity contribution in [1.29, 1.82) is 0 Å². The number of hydrogen-bond donors (Lipinski definition) is 1. The molecule has 0 saturated carbocycles. The molecule has 0 bridgehead atoms. The lowest BCUT2D eigenvalue weighted by Crippen LogP contribution is -2.28. The number of carbonyl (C=O) groups excluding carboxylic acids is 3. The second-order valence-electron chi connectivity index (χ2n) is 6.16. The summed E-state index contributed by atoms with van der Waals surface area (Å²) in [5, 5.41) is 2.73. The SMILES string of the molecule is CC[C@@H](C)C(=O)O[C@@H](C(=O)Nc1cccc(C(C)=O)c1)c1ccccc1. The second kappa shape index (κ2) is 8.94. The first kappa shape index (κ1) is 19.4. The number of esters is 1. The highest BCUT2D eigenvalue weighted by Crippen LogP contribution is 2.22. The zero-order valence-electron chi connectivity index (χ0n) is 15.2. The number of benzene rings is 2. The minimum Gasteiger partial charge on any atom is -0.447 e. The molecule has 0 fully saturated rings. The predicted octanol–water partition coefficient (Wildman–Crippen LogP) is 4.16. The van der Waals surface area contributed by atoms with Crippen LogP contribution in [0.25, 0.3) is 0 Å². The van der Waals surface area contributed by atoms with Crippen LogP contribution < -0.4 is 5.32 Å². The summed E-state index contributed by atoms with van der Waals surface area (Å²) in [5.74, 6) is -1.28. The van der Waals surface area contributed by atoms with Gasteiger partial charge in [-0.25, -0.2) is 0 Å². The van der Waals surface area contributed by atoms with Crippen molar-refractivity contribution >= 4 is 23.3 Å². The van der Waals surface area contributed by atoms with E-state index in [1.54, 1.807) is 55.5 Å². The van der Waals surface area contributed by atoms with Crippen molar-refractivity contribution in [1.82, 2.24) is 0 Å². The van der Waals surface area contributed by atoms with E-state index < -0.39 is 18.0 Å². The maximum Gasteiger partial charge on any atom is 0.309 e. The van der Waals surface area contributed by atoms with Crippen LogP contribution in [0.4, 0.5) is 5.69 Å². The molecule has 5 heteroatoms. The molecule has 1 amide bonds. The maximum absolute atomic E-state index is 12.8. The van der Waals surface area contributed by atoms with E-state index in [2.05, 4.69) is 5.32 Å². The smallest absolute Gasteiger partial charge is 0.309 e. The van der Waals surface area contributed by atoms with E-state index >= 15 is 0 Å². The largest absolute Gasteiger partial charge is 0.447 e. The van der Waals surface area contributed by atoms with Gasteiger partial charge in [-0.15, -0.1) is 0 Å². The molecule has 5 nitrogen and oxygen atoms in total. The third-order valence-electron chi connectivity index (χ3n) is 4.13. The summed E-state index contributed by atoms with van der Waals surface area (Å²) in [6, 6.07) is 15.5. The molecule has 0 radical (unpaired) electrons. The molecule has 0 heterocycles. The molecule has 1 N–H and O–H groups in total. The Kier molecular flexibility index (Phi) is 6.67. The van der Waals surface area contributed by atoms with Crippen LogP contribution in [-0.2, 0) is 14.3 Å². The van der Waals surface area contributed by atoms with Crippen molar-refractivity contribution in [2.45, 2.75) is 33.3 Å². The minimum atomic E-state index is -1.06. The van der Waals surface area contributed by atoms with Gasteiger partial charge in [0.15, 0.2) is 5.78 Å². The van der Waals surface area contributed by atoms with Crippen LogP contribution in [0.2, 0.25) is 0 Å². The van der Waals surface area contributed by atoms with Crippen LogP contribution in [0.15, 0.2) is 54.6 Å². The Morgan fingerprint density at radius 1 is 1.04 bits per heavy atom. The van der Waals surface area contributed by atoms with Crippen molar-refractivity contribution in [3.63, 3.8) is 0 Å². The topological polar surface area (TPSA) is 72.5 Å². The molecule has 2 atom stereocenters. The van der Waals surface area contributed by atoms with Gasteiger partial charge in [0.25, 0.3) is 5.91 Å². The number of carbonyl (C=O) groups is 3. The van der Waals surface area contributed by atoms with Gasteiger partial charge in [-0.2, -0.15) is 0 Å². The first-order valence-corrected chi connectivity index (χ1v) is 8.59. The number of ketones is 1. The van der Waals surface area contributed by atoms with Crippen LogP contribution in [0, 0.1) is 5.92 Å². The standard InChI is InChI=1S/C21H23NO4/c1-4-14(2)21(25)26-19(16-9-6-5-7-10-16)20(24)22-18-12-8-11-17(13-18)15(3)23/h5-14,19H,4H2,1-3H3,(H,22,24)/t14-,19-/m1/s1. The third kappa shape index (κ3) is 5.02. The van der Waals surface area contributed by atoms with Crippen LogP contribution in [0.1, 0.15) is 49.2 Å². The van der Waals surface area contributed by atoms with Gasteiger partial charge in [0.05, 0.1) is 5.92 Å². The quantitative estimate of drug-likeness (QED) is 0.599. The summed E-state index contributed by atoms with van der Waals surface area (Å²) in [6.45, 7) is 5.11. The lowest BCUT2D eigenvalue weighted by atomic mass is 10.1. The first-order valence-electron chi connectivity index (χ1n) is 8.59. The van der Waals surface area contributed by atoms with E-state index in [1.165, 1.54) is 6.92 Å². The number of Topliss-reactive ketones (excluding diaryl/α,β-unsaturated/α-hetero) is 1. The molecule has 2 aromatic carbocycles. The van der Waals surface area contributed by atoms with Gasteiger partial charge < -0.3 is 10.1 Å². The Morgan fingerprint density at radius 2 is 1.73 bits per heavy atom. The Labute approximate surface area is 153 Å². The highest BCUT2D eigenvalue weighted by molar-refractivity contribution is 5.99. The van der Waals surface area contributed by atoms with Gasteiger partial charge in [0.1, 0.15) is 0 Å². The molecule has 2 rings (SSSR count). The third-order valence-corrected chi connectivity index (χ3v) is 4.13. The Balaban J connectivity index is 2.24. The van der Waals surface area contributed by atoms with Gasteiger partial charge >= 0.3 is 5.97 Å². The monoisotopic (exact) mass is 353 g/mol. The van der Waals surface area contributed by atoms with Gasteiger partial charge in [-0.05, 0) is 25.5 Å². The molecule has 0 aliphatic rings. The molecule has 0 aromatic heterocycles. The summed E-state index contributed by atoms with van der Waals surface area (Å²) in [7, 11) is 0. The molecule has 0 aliphatic heterocycles. The fourth-order valence-electron chi connectivity index (χ4n) is 2.32. The van der Waals surface area contributed by atoms with Crippen LogP contribution in [0.3, 0.4) is 0 Å². The Bertz CT molecular complexity index is 786. The number of hydrogen-bond acceptors (Lipinski definition) is 4. The number of ether oxygens (including phenoxy) is 1. The number of amides is 1. The predicted molar refractivity (Wildman–Crippen MR) is 99.8 cm³/mol. The highest BCUT2D eigenvalue weighted by Gasteiger charge is 2.27. The van der Waals surface area contributed by atoms with Crippen molar-refractivity contribution in [3.8, 4) is 0 Å². The number of anilines is 1. The number of nitrogens with one attached hydrogen (secondary N) is 1. The van der Waals surface area contributed by atoms with E-state index in [1.807, 2.05) is 13.0 Å². The highest BCUT2D eigenvalue weighted by atomic mass is 16.5. The van der Waals surface area contributed by atoms with Crippen LogP contribution >= 0.6 is 0 Å². The van der Waals surface area contributed by atoms with E-state index in [-0.39, 0.29) is 11.7 Å². The summed E-state index contributed by atoms with van der Waals surface area (Å²) < 4.78 is 5.48. The lowest BCUT2D eigenvalue weighted by molar-refractivity contribution is -0.158. The van der Waals surface area contributed by atoms with E-state index in [9.17, 15) is 14.4 Å². The average Bonchev–Trinajstić information content (AvgIpc) is 2.65. The van der Waals surface area contributed by atoms with E-state index in [4.69, 9.17) is 4.74 Å². The molecule has 0 aliphatic carbocycles. The molecule has 2 aromatic rings. The normalized spacial score (nSPS) is 12.7. The zero-order chi connectivity index (χ0) is 19.1. The summed E-state index contributed by atoms with van der Waals surface area (Å²) in [5.41, 5.74) is 1.56. The van der Waals surface area contributed by atoms with Gasteiger partial charge in [0, 0.05) is 16.8 Å². The summed E-state index contributed by atoms with van der Waals surface area (Å²) in [6.07, 6.45) is -0.429. The average molecular weight is 353 g/mol. The summed E-state index contributed by atoms with van der Waals surface area (Å²) in [4.78, 5) is 36.5. The lowest BCUT2D eigenvalue weighted by Gasteiger charge is -2.20. The molecule has 0 spiro atoms. The minimum absolute atomic E-state index is 0.0936. The maximum atomic E-state index is 12.8.